The Kier molecular flexibility index (Phi) is 3.88. The zero-order valence-electron chi connectivity index (χ0n) is 13.9. The van der Waals surface area contributed by atoms with E-state index in [2.05, 4.69) is 107 Å². The summed E-state index contributed by atoms with van der Waals surface area (Å²) in [7, 11) is 0. The molecule has 0 aliphatic carbocycles. The minimum atomic E-state index is 1.10. The Bertz CT molecular complexity index is 1250. The Morgan fingerprint density at radius 3 is 2.15 bits per heavy atom. The molecule has 5 rings (SSSR count). The van der Waals surface area contributed by atoms with Gasteiger partial charge < -0.3 is 0 Å². The summed E-state index contributed by atoms with van der Waals surface area (Å²) < 4.78 is 3.81. The van der Waals surface area contributed by atoms with E-state index in [-0.39, 0.29) is 0 Å². The average Bonchev–Trinajstić information content (AvgIpc) is 3.07. The van der Waals surface area contributed by atoms with Crippen molar-refractivity contribution in [1.29, 1.82) is 0 Å². The number of benzene rings is 4. The standard InChI is InChI=1S/C24H15BrS/c25-19-9-4-7-17(15-19)16-6-3-8-18(14-16)20-11-5-12-22-21-10-1-2-13-23(21)26-24(20)22/h1-15H. The second-order valence-corrected chi connectivity index (χ2v) is 8.34. The molecule has 0 amide bonds. The molecular weight excluding hydrogens is 400 g/mol. The van der Waals surface area contributed by atoms with E-state index in [4.69, 9.17) is 0 Å². The number of hydrogen-bond donors (Lipinski definition) is 0. The van der Waals surface area contributed by atoms with Crippen molar-refractivity contribution in [2.45, 2.75) is 0 Å². The fourth-order valence-electron chi connectivity index (χ4n) is 3.51. The van der Waals surface area contributed by atoms with Crippen molar-refractivity contribution in [3.8, 4) is 22.3 Å². The zero-order valence-corrected chi connectivity index (χ0v) is 16.3. The van der Waals surface area contributed by atoms with Crippen molar-refractivity contribution < 1.29 is 0 Å². The largest absolute Gasteiger partial charge is 0.135 e. The molecule has 0 saturated heterocycles. The lowest BCUT2D eigenvalue weighted by Gasteiger charge is -2.08. The maximum Gasteiger partial charge on any atom is 0.0433 e. The summed E-state index contributed by atoms with van der Waals surface area (Å²) in [6.45, 7) is 0. The first-order valence-electron chi connectivity index (χ1n) is 8.56. The highest BCUT2D eigenvalue weighted by Gasteiger charge is 2.10. The van der Waals surface area contributed by atoms with Gasteiger partial charge in [0.1, 0.15) is 0 Å². The van der Waals surface area contributed by atoms with Gasteiger partial charge in [-0.15, -0.1) is 11.3 Å². The summed E-state index contributed by atoms with van der Waals surface area (Å²) in [5.41, 5.74) is 5.03. The maximum atomic E-state index is 3.58. The fourth-order valence-corrected chi connectivity index (χ4v) is 5.15. The van der Waals surface area contributed by atoms with Gasteiger partial charge in [0.05, 0.1) is 0 Å². The molecule has 0 saturated carbocycles. The van der Waals surface area contributed by atoms with Crippen LogP contribution >= 0.6 is 27.3 Å². The molecule has 1 heterocycles. The van der Waals surface area contributed by atoms with E-state index in [1.54, 1.807) is 0 Å². The van der Waals surface area contributed by atoms with Crippen molar-refractivity contribution in [3.05, 3.63) is 95.5 Å². The number of halogens is 1. The van der Waals surface area contributed by atoms with E-state index < -0.39 is 0 Å². The fraction of sp³-hybridized carbons (Fsp3) is 0. The van der Waals surface area contributed by atoms with Crippen LogP contribution in [0.1, 0.15) is 0 Å². The highest BCUT2D eigenvalue weighted by molar-refractivity contribution is 9.10. The topological polar surface area (TPSA) is 0 Å². The van der Waals surface area contributed by atoms with Gasteiger partial charge in [0.25, 0.3) is 0 Å². The highest BCUT2D eigenvalue weighted by Crippen LogP contribution is 2.40. The molecule has 0 nitrogen and oxygen atoms in total. The van der Waals surface area contributed by atoms with E-state index in [0.29, 0.717) is 0 Å². The van der Waals surface area contributed by atoms with Crippen molar-refractivity contribution in [3.63, 3.8) is 0 Å². The van der Waals surface area contributed by atoms with Crippen LogP contribution in [-0.4, -0.2) is 0 Å². The van der Waals surface area contributed by atoms with Crippen LogP contribution in [0.3, 0.4) is 0 Å². The van der Waals surface area contributed by atoms with Crippen LogP contribution in [0, 0.1) is 0 Å². The SMILES string of the molecule is Brc1cccc(-c2cccc(-c3cccc4c3sc3ccccc34)c2)c1. The second kappa shape index (κ2) is 6.39. The van der Waals surface area contributed by atoms with Crippen LogP contribution in [-0.2, 0) is 0 Å². The lowest BCUT2D eigenvalue weighted by Crippen LogP contribution is -1.82. The van der Waals surface area contributed by atoms with E-state index in [0.717, 1.165) is 4.47 Å². The maximum absolute atomic E-state index is 3.58. The van der Waals surface area contributed by atoms with E-state index in [1.807, 2.05) is 11.3 Å². The van der Waals surface area contributed by atoms with Crippen LogP contribution in [0.5, 0.6) is 0 Å². The normalized spacial score (nSPS) is 11.3. The molecule has 0 atom stereocenters. The first-order valence-corrected chi connectivity index (χ1v) is 10.2. The van der Waals surface area contributed by atoms with Gasteiger partial charge in [-0.1, -0.05) is 82.7 Å². The predicted octanol–water partition coefficient (Wildman–Crippen LogP) is 8.15. The molecule has 0 aliphatic rings. The Morgan fingerprint density at radius 2 is 1.27 bits per heavy atom. The molecule has 0 fully saturated rings. The molecule has 124 valence electrons. The summed E-state index contributed by atoms with van der Waals surface area (Å²) in [4.78, 5) is 0. The van der Waals surface area contributed by atoms with Crippen LogP contribution in [0.2, 0.25) is 0 Å². The van der Waals surface area contributed by atoms with Crippen molar-refractivity contribution in [2.75, 3.05) is 0 Å². The number of hydrogen-bond acceptors (Lipinski definition) is 1. The Hall–Kier alpha value is -2.42. The van der Waals surface area contributed by atoms with Crippen molar-refractivity contribution >= 4 is 47.4 Å². The van der Waals surface area contributed by atoms with Gasteiger partial charge in [-0.3, -0.25) is 0 Å². The lowest BCUT2D eigenvalue weighted by molar-refractivity contribution is 1.59. The Balaban J connectivity index is 1.72. The molecule has 1 aromatic heterocycles. The summed E-state index contributed by atoms with van der Waals surface area (Å²) in [6, 6.07) is 32.6. The Morgan fingerprint density at radius 1 is 0.577 bits per heavy atom. The monoisotopic (exact) mass is 414 g/mol. The highest BCUT2D eigenvalue weighted by atomic mass is 79.9. The summed E-state index contributed by atoms with van der Waals surface area (Å²) in [5, 5.41) is 2.69. The van der Waals surface area contributed by atoms with Gasteiger partial charge >= 0.3 is 0 Å². The molecule has 0 bridgehead atoms. The Labute approximate surface area is 164 Å². The second-order valence-electron chi connectivity index (χ2n) is 6.37. The molecule has 0 unspecified atom stereocenters. The summed E-state index contributed by atoms with van der Waals surface area (Å²) >= 11 is 5.46. The van der Waals surface area contributed by atoms with Gasteiger partial charge in [-0.25, -0.2) is 0 Å². The van der Waals surface area contributed by atoms with Crippen LogP contribution in [0.4, 0.5) is 0 Å². The number of thiophene rings is 1. The van der Waals surface area contributed by atoms with E-state index in [1.165, 1.54) is 42.4 Å². The number of rotatable bonds is 2. The minimum absolute atomic E-state index is 1.10. The summed E-state index contributed by atoms with van der Waals surface area (Å²) in [5.74, 6) is 0. The van der Waals surface area contributed by atoms with Gasteiger partial charge in [0.2, 0.25) is 0 Å². The third-order valence-corrected chi connectivity index (χ3v) is 6.45. The molecule has 4 aromatic carbocycles. The molecule has 0 spiro atoms. The third-order valence-electron chi connectivity index (χ3n) is 4.74. The molecular formula is C24H15BrS. The third kappa shape index (κ3) is 2.66. The summed E-state index contributed by atoms with van der Waals surface area (Å²) in [6.07, 6.45) is 0. The molecule has 0 N–H and O–H groups in total. The van der Waals surface area contributed by atoms with Gasteiger partial charge in [-0.2, -0.15) is 0 Å². The molecule has 0 aliphatic heterocycles. The number of fused-ring (bicyclic) bond motifs is 3. The van der Waals surface area contributed by atoms with Crippen LogP contribution in [0.15, 0.2) is 95.5 Å². The van der Waals surface area contributed by atoms with E-state index >= 15 is 0 Å². The zero-order chi connectivity index (χ0) is 17.5. The smallest absolute Gasteiger partial charge is 0.0433 e. The molecule has 2 heteroatoms. The molecule has 5 aromatic rings. The predicted molar refractivity (Wildman–Crippen MR) is 118 cm³/mol. The van der Waals surface area contributed by atoms with Crippen molar-refractivity contribution in [1.82, 2.24) is 0 Å². The van der Waals surface area contributed by atoms with Crippen molar-refractivity contribution in [2.24, 2.45) is 0 Å². The minimum Gasteiger partial charge on any atom is -0.135 e. The van der Waals surface area contributed by atoms with Crippen LogP contribution in [0.25, 0.3) is 42.4 Å². The first-order chi connectivity index (χ1) is 12.8. The van der Waals surface area contributed by atoms with Crippen LogP contribution < -0.4 is 0 Å². The quantitative estimate of drug-likeness (QED) is 0.273. The first kappa shape index (κ1) is 15.8. The molecule has 26 heavy (non-hydrogen) atoms. The average molecular weight is 415 g/mol. The molecule has 0 radical (unpaired) electrons. The lowest BCUT2D eigenvalue weighted by atomic mass is 9.98. The van der Waals surface area contributed by atoms with Gasteiger partial charge in [0, 0.05) is 24.6 Å². The van der Waals surface area contributed by atoms with Gasteiger partial charge in [-0.05, 0) is 46.5 Å². The van der Waals surface area contributed by atoms with E-state index in [9.17, 15) is 0 Å². The van der Waals surface area contributed by atoms with Gasteiger partial charge in [0.15, 0.2) is 0 Å².